The third-order valence-electron chi connectivity index (χ3n) is 3.78. The molecular formula is C14H28N2O. The van der Waals surface area contributed by atoms with Crippen molar-refractivity contribution in [2.45, 2.75) is 71.4 Å². The molecule has 2 N–H and O–H groups in total. The van der Waals surface area contributed by atoms with E-state index in [4.69, 9.17) is 5.73 Å². The summed E-state index contributed by atoms with van der Waals surface area (Å²) in [5, 5.41) is 0. The maximum absolute atomic E-state index is 12.3. The second kappa shape index (κ2) is 7.00. The highest BCUT2D eigenvalue weighted by Crippen LogP contribution is 2.22. The Balaban J connectivity index is 2.53. The Bertz CT molecular complexity index is 240. The molecule has 1 aliphatic heterocycles. The minimum atomic E-state index is 0.0979. The fourth-order valence-electron chi connectivity index (χ4n) is 2.82. The van der Waals surface area contributed by atoms with Gasteiger partial charge in [0.1, 0.15) is 0 Å². The zero-order chi connectivity index (χ0) is 12.8. The van der Waals surface area contributed by atoms with E-state index < -0.39 is 0 Å². The molecule has 0 aromatic carbocycles. The van der Waals surface area contributed by atoms with Crippen molar-refractivity contribution in [1.82, 2.24) is 4.90 Å². The van der Waals surface area contributed by atoms with E-state index in [9.17, 15) is 4.79 Å². The minimum Gasteiger partial charge on any atom is -0.338 e. The minimum absolute atomic E-state index is 0.0979. The summed E-state index contributed by atoms with van der Waals surface area (Å²) in [7, 11) is 0. The lowest BCUT2D eigenvalue weighted by molar-refractivity contribution is -0.136. The summed E-state index contributed by atoms with van der Waals surface area (Å²) in [5.41, 5.74) is 5.99. The zero-order valence-corrected chi connectivity index (χ0v) is 11.6. The Morgan fingerprint density at radius 3 is 2.71 bits per heavy atom. The van der Waals surface area contributed by atoms with E-state index in [1.807, 2.05) is 11.8 Å². The van der Waals surface area contributed by atoms with Crippen LogP contribution >= 0.6 is 0 Å². The molecule has 1 amide bonds. The molecule has 0 spiro atoms. The lowest BCUT2D eigenvalue weighted by atomic mass is 9.94. The van der Waals surface area contributed by atoms with Crippen molar-refractivity contribution in [2.24, 2.45) is 11.7 Å². The number of rotatable bonds is 5. The second-order valence-corrected chi connectivity index (χ2v) is 5.61. The van der Waals surface area contributed by atoms with Crippen molar-refractivity contribution in [3.05, 3.63) is 0 Å². The van der Waals surface area contributed by atoms with Gasteiger partial charge in [-0.3, -0.25) is 4.79 Å². The first-order valence-corrected chi connectivity index (χ1v) is 7.11. The van der Waals surface area contributed by atoms with Gasteiger partial charge in [-0.1, -0.05) is 26.7 Å². The highest BCUT2D eigenvalue weighted by molar-refractivity contribution is 5.77. The van der Waals surface area contributed by atoms with Crippen molar-refractivity contribution in [2.75, 3.05) is 6.54 Å². The van der Waals surface area contributed by atoms with Crippen LogP contribution in [0.25, 0.3) is 0 Å². The van der Waals surface area contributed by atoms with E-state index in [0.29, 0.717) is 18.2 Å². The Kier molecular flexibility index (Phi) is 5.96. The van der Waals surface area contributed by atoms with Gasteiger partial charge in [-0.15, -0.1) is 0 Å². The molecule has 1 saturated heterocycles. The van der Waals surface area contributed by atoms with Crippen LogP contribution in [-0.2, 0) is 4.79 Å². The third-order valence-corrected chi connectivity index (χ3v) is 3.78. The smallest absolute Gasteiger partial charge is 0.223 e. The molecule has 100 valence electrons. The molecule has 3 heteroatoms. The molecule has 3 atom stereocenters. The van der Waals surface area contributed by atoms with Gasteiger partial charge < -0.3 is 10.6 Å². The molecule has 3 unspecified atom stereocenters. The highest BCUT2D eigenvalue weighted by atomic mass is 16.2. The summed E-state index contributed by atoms with van der Waals surface area (Å²) in [4.78, 5) is 14.3. The van der Waals surface area contributed by atoms with Gasteiger partial charge >= 0.3 is 0 Å². The number of hydrogen-bond acceptors (Lipinski definition) is 2. The predicted octanol–water partition coefficient (Wildman–Crippen LogP) is 2.54. The van der Waals surface area contributed by atoms with Gasteiger partial charge in [0.05, 0.1) is 0 Å². The molecule has 0 aromatic rings. The van der Waals surface area contributed by atoms with E-state index in [0.717, 1.165) is 32.2 Å². The van der Waals surface area contributed by atoms with E-state index in [2.05, 4.69) is 13.8 Å². The Morgan fingerprint density at radius 1 is 1.41 bits per heavy atom. The third kappa shape index (κ3) is 4.30. The Morgan fingerprint density at radius 2 is 2.12 bits per heavy atom. The number of nitrogens with zero attached hydrogens (tertiary/aromatic N) is 1. The quantitative estimate of drug-likeness (QED) is 0.802. The predicted molar refractivity (Wildman–Crippen MR) is 71.7 cm³/mol. The molecule has 1 rings (SSSR count). The Labute approximate surface area is 106 Å². The summed E-state index contributed by atoms with van der Waals surface area (Å²) >= 11 is 0. The number of nitrogens with two attached hydrogens (primary N) is 1. The molecule has 1 heterocycles. The van der Waals surface area contributed by atoms with E-state index in [1.54, 1.807) is 0 Å². The summed E-state index contributed by atoms with van der Waals surface area (Å²) in [6.45, 7) is 7.27. The fraction of sp³-hybridized carbons (Fsp3) is 0.929. The van der Waals surface area contributed by atoms with Crippen molar-refractivity contribution in [3.8, 4) is 0 Å². The number of amides is 1. The molecule has 0 aromatic heterocycles. The summed E-state index contributed by atoms with van der Waals surface area (Å²) in [6, 6.07) is 0.366. The first-order valence-electron chi connectivity index (χ1n) is 7.11. The van der Waals surface area contributed by atoms with Crippen LogP contribution in [0, 0.1) is 5.92 Å². The lowest BCUT2D eigenvalue weighted by Crippen LogP contribution is -2.51. The van der Waals surface area contributed by atoms with Crippen molar-refractivity contribution in [3.63, 3.8) is 0 Å². The maximum atomic E-state index is 12.3. The van der Waals surface area contributed by atoms with Gasteiger partial charge in [0.15, 0.2) is 0 Å². The van der Waals surface area contributed by atoms with Crippen LogP contribution in [0.4, 0.5) is 0 Å². The summed E-state index contributed by atoms with van der Waals surface area (Å²) in [6.07, 6.45) is 6.41. The van der Waals surface area contributed by atoms with Gasteiger partial charge in [-0.05, 0) is 32.1 Å². The molecule has 0 radical (unpaired) electrons. The molecule has 17 heavy (non-hydrogen) atoms. The first-order chi connectivity index (χ1) is 8.06. The SMILES string of the molecule is CCCC(C)CC(=O)N1CCCCC1C(C)N. The lowest BCUT2D eigenvalue weighted by Gasteiger charge is -2.38. The standard InChI is InChI=1S/C14H28N2O/c1-4-7-11(2)10-14(17)16-9-6-5-8-13(16)12(3)15/h11-13H,4-10,15H2,1-3H3. The van der Waals surface area contributed by atoms with Crippen LogP contribution in [0.5, 0.6) is 0 Å². The topological polar surface area (TPSA) is 46.3 Å². The van der Waals surface area contributed by atoms with Crippen LogP contribution in [0.3, 0.4) is 0 Å². The van der Waals surface area contributed by atoms with E-state index in [1.165, 1.54) is 6.42 Å². The number of piperidine rings is 1. The highest BCUT2D eigenvalue weighted by Gasteiger charge is 2.29. The van der Waals surface area contributed by atoms with Gasteiger partial charge in [0.25, 0.3) is 0 Å². The number of likely N-dealkylation sites (tertiary alicyclic amines) is 1. The van der Waals surface area contributed by atoms with Crippen LogP contribution in [-0.4, -0.2) is 29.4 Å². The average Bonchev–Trinajstić information content (AvgIpc) is 2.29. The van der Waals surface area contributed by atoms with Crippen LogP contribution < -0.4 is 5.73 Å². The molecule has 0 bridgehead atoms. The number of carbonyl (C=O) groups excluding carboxylic acids is 1. The second-order valence-electron chi connectivity index (χ2n) is 5.61. The number of carbonyl (C=O) groups is 1. The van der Waals surface area contributed by atoms with Crippen LogP contribution in [0.15, 0.2) is 0 Å². The summed E-state index contributed by atoms with van der Waals surface area (Å²) < 4.78 is 0. The van der Waals surface area contributed by atoms with Crippen LogP contribution in [0.1, 0.15) is 59.3 Å². The monoisotopic (exact) mass is 240 g/mol. The van der Waals surface area contributed by atoms with Crippen molar-refractivity contribution in [1.29, 1.82) is 0 Å². The normalized spacial score (nSPS) is 24.5. The molecule has 3 nitrogen and oxygen atoms in total. The van der Waals surface area contributed by atoms with Gasteiger partial charge in [-0.25, -0.2) is 0 Å². The van der Waals surface area contributed by atoms with Crippen molar-refractivity contribution < 1.29 is 4.79 Å². The van der Waals surface area contributed by atoms with Gasteiger partial charge in [0, 0.05) is 25.0 Å². The molecule has 1 aliphatic rings. The van der Waals surface area contributed by atoms with Gasteiger partial charge in [-0.2, -0.15) is 0 Å². The van der Waals surface area contributed by atoms with Crippen molar-refractivity contribution >= 4 is 5.91 Å². The molecule has 0 saturated carbocycles. The van der Waals surface area contributed by atoms with Gasteiger partial charge in [0.2, 0.25) is 5.91 Å². The van der Waals surface area contributed by atoms with E-state index >= 15 is 0 Å². The van der Waals surface area contributed by atoms with Crippen LogP contribution in [0.2, 0.25) is 0 Å². The first kappa shape index (κ1) is 14.5. The Hall–Kier alpha value is -0.570. The summed E-state index contributed by atoms with van der Waals surface area (Å²) in [5.74, 6) is 0.816. The number of hydrogen-bond donors (Lipinski definition) is 1. The maximum Gasteiger partial charge on any atom is 0.223 e. The zero-order valence-electron chi connectivity index (χ0n) is 11.6. The average molecular weight is 240 g/mol. The molecular weight excluding hydrogens is 212 g/mol. The van der Waals surface area contributed by atoms with E-state index in [-0.39, 0.29) is 12.1 Å². The largest absolute Gasteiger partial charge is 0.338 e. The fourth-order valence-corrected chi connectivity index (χ4v) is 2.82. The molecule has 0 aliphatic carbocycles. The molecule has 1 fully saturated rings.